The van der Waals surface area contributed by atoms with Crippen LogP contribution < -0.4 is 5.73 Å². The van der Waals surface area contributed by atoms with Gasteiger partial charge in [-0.2, -0.15) is 5.10 Å². The normalized spacial score (nSPS) is 11.0. The predicted octanol–water partition coefficient (Wildman–Crippen LogP) is 2.66. The van der Waals surface area contributed by atoms with Crippen molar-refractivity contribution in [3.05, 3.63) is 41.1 Å². The highest BCUT2D eigenvalue weighted by Crippen LogP contribution is 2.33. The number of nitrogens with two attached hydrogens (primary N) is 1. The molecule has 2 aromatic rings. The zero-order valence-electron chi connectivity index (χ0n) is 10.8. The molecule has 19 heavy (non-hydrogen) atoms. The van der Waals surface area contributed by atoms with Crippen molar-refractivity contribution in [2.75, 3.05) is 6.54 Å². The van der Waals surface area contributed by atoms with E-state index in [9.17, 15) is 8.78 Å². The van der Waals surface area contributed by atoms with Crippen LogP contribution in [0, 0.1) is 18.6 Å². The lowest BCUT2D eigenvalue weighted by Gasteiger charge is -2.06. The fourth-order valence-electron chi connectivity index (χ4n) is 1.90. The SMILES string of the molecule is Cc1nn(C)c(Sc2ccc(F)cc2F)c1CCN. The van der Waals surface area contributed by atoms with Gasteiger partial charge in [0.2, 0.25) is 0 Å². The molecule has 0 amide bonds. The quantitative estimate of drug-likeness (QED) is 0.938. The lowest BCUT2D eigenvalue weighted by atomic mass is 10.2. The van der Waals surface area contributed by atoms with Gasteiger partial charge in [-0.3, -0.25) is 4.68 Å². The molecule has 0 aliphatic carbocycles. The number of halogens is 2. The van der Waals surface area contributed by atoms with Crippen molar-refractivity contribution < 1.29 is 8.78 Å². The molecular weight excluding hydrogens is 268 g/mol. The van der Waals surface area contributed by atoms with Crippen LogP contribution in [-0.2, 0) is 13.5 Å². The van der Waals surface area contributed by atoms with Gasteiger partial charge in [0.15, 0.2) is 0 Å². The van der Waals surface area contributed by atoms with Gasteiger partial charge in [0.05, 0.1) is 5.69 Å². The number of hydrogen-bond acceptors (Lipinski definition) is 3. The van der Waals surface area contributed by atoms with Gasteiger partial charge in [0, 0.05) is 23.6 Å². The average Bonchev–Trinajstić information content (AvgIpc) is 2.60. The van der Waals surface area contributed by atoms with Gasteiger partial charge in [-0.15, -0.1) is 0 Å². The van der Waals surface area contributed by atoms with E-state index in [-0.39, 0.29) is 0 Å². The molecule has 102 valence electrons. The Hall–Kier alpha value is -1.40. The molecule has 3 nitrogen and oxygen atoms in total. The summed E-state index contributed by atoms with van der Waals surface area (Å²) in [5.41, 5.74) is 7.48. The van der Waals surface area contributed by atoms with E-state index in [1.165, 1.54) is 23.9 Å². The molecule has 1 aromatic carbocycles. The maximum Gasteiger partial charge on any atom is 0.140 e. The summed E-state index contributed by atoms with van der Waals surface area (Å²) >= 11 is 1.24. The largest absolute Gasteiger partial charge is 0.330 e. The Labute approximate surface area is 114 Å². The first-order valence-corrected chi connectivity index (χ1v) is 6.70. The van der Waals surface area contributed by atoms with Crippen molar-refractivity contribution in [3.8, 4) is 0 Å². The Balaban J connectivity index is 2.37. The first kappa shape index (κ1) is 14.0. The Morgan fingerprint density at radius 2 is 2.11 bits per heavy atom. The fourth-order valence-corrected chi connectivity index (χ4v) is 2.95. The minimum Gasteiger partial charge on any atom is -0.330 e. The highest BCUT2D eigenvalue weighted by molar-refractivity contribution is 7.99. The van der Waals surface area contributed by atoms with E-state index in [2.05, 4.69) is 5.10 Å². The Bertz CT molecular complexity index is 596. The van der Waals surface area contributed by atoms with Crippen molar-refractivity contribution in [2.45, 2.75) is 23.3 Å². The van der Waals surface area contributed by atoms with Crippen molar-refractivity contribution in [3.63, 3.8) is 0 Å². The smallest absolute Gasteiger partial charge is 0.140 e. The third kappa shape index (κ3) is 2.96. The predicted molar refractivity (Wildman–Crippen MR) is 71.2 cm³/mol. The minimum absolute atomic E-state index is 0.377. The molecule has 0 aliphatic heterocycles. The number of aromatic nitrogens is 2. The topological polar surface area (TPSA) is 43.8 Å². The van der Waals surface area contributed by atoms with Gasteiger partial charge in [-0.25, -0.2) is 8.78 Å². The highest BCUT2D eigenvalue weighted by atomic mass is 32.2. The molecule has 0 radical (unpaired) electrons. The average molecular weight is 283 g/mol. The van der Waals surface area contributed by atoms with E-state index >= 15 is 0 Å². The molecule has 0 saturated carbocycles. The maximum atomic E-state index is 13.7. The zero-order valence-corrected chi connectivity index (χ0v) is 11.6. The Morgan fingerprint density at radius 1 is 1.37 bits per heavy atom. The molecule has 1 heterocycles. The molecule has 0 fully saturated rings. The van der Waals surface area contributed by atoms with Crippen molar-refractivity contribution in [1.29, 1.82) is 0 Å². The van der Waals surface area contributed by atoms with Crippen molar-refractivity contribution >= 4 is 11.8 Å². The first-order chi connectivity index (χ1) is 9.02. The van der Waals surface area contributed by atoms with E-state index in [1.807, 2.05) is 6.92 Å². The second-order valence-corrected chi connectivity index (χ2v) is 5.24. The molecule has 2 N–H and O–H groups in total. The Morgan fingerprint density at radius 3 is 2.74 bits per heavy atom. The molecule has 0 saturated heterocycles. The zero-order chi connectivity index (χ0) is 14.0. The summed E-state index contributed by atoms with van der Waals surface area (Å²) < 4.78 is 28.3. The summed E-state index contributed by atoms with van der Waals surface area (Å²) in [5.74, 6) is -1.15. The van der Waals surface area contributed by atoms with E-state index in [0.717, 1.165) is 22.3 Å². The maximum absolute atomic E-state index is 13.7. The Kier molecular flexibility index (Phi) is 4.21. The van der Waals surface area contributed by atoms with Crippen LogP contribution in [0.1, 0.15) is 11.3 Å². The van der Waals surface area contributed by atoms with Crippen LogP contribution >= 0.6 is 11.8 Å². The van der Waals surface area contributed by atoms with Crippen LogP contribution in [-0.4, -0.2) is 16.3 Å². The third-order valence-electron chi connectivity index (χ3n) is 2.78. The van der Waals surface area contributed by atoms with Crippen LogP contribution in [0.15, 0.2) is 28.1 Å². The second-order valence-electron chi connectivity index (χ2n) is 4.21. The molecule has 0 bridgehead atoms. The number of aryl methyl sites for hydroxylation is 2. The molecule has 0 aliphatic rings. The van der Waals surface area contributed by atoms with Gasteiger partial charge in [-0.1, -0.05) is 11.8 Å². The van der Waals surface area contributed by atoms with Crippen molar-refractivity contribution in [1.82, 2.24) is 9.78 Å². The van der Waals surface area contributed by atoms with Crippen molar-refractivity contribution in [2.24, 2.45) is 12.8 Å². The third-order valence-corrected chi connectivity index (χ3v) is 4.04. The van der Waals surface area contributed by atoms with Crippen LogP contribution in [0.25, 0.3) is 0 Å². The highest BCUT2D eigenvalue weighted by Gasteiger charge is 2.15. The van der Waals surface area contributed by atoms with Crippen LogP contribution in [0.4, 0.5) is 8.78 Å². The molecule has 6 heteroatoms. The van der Waals surface area contributed by atoms with Gasteiger partial charge < -0.3 is 5.73 Å². The standard InChI is InChI=1S/C13H15F2N3S/c1-8-10(5-6-16)13(18(2)17-8)19-12-4-3-9(14)7-11(12)15/h3-4,7H,5-6,16H2,1-2H3. The van der Waals surface area contributed by atoms with Crippen LogP contribution in [0.5, 0.6) is 0 Å². The number of benzene rings is 1. The minimum atomic E-state index is -0.579. The summed E-state index contributed by atoms with van der Waals surface area (Å²) in [7, 11) is 1.80. The van der Waals surface area contributed by atoms with Gasteiger partial charge in [-0.05, 0) is 32.0 Å². The first-order valence-electron chi connectivity index (χ1n) is 5.88. The van der Waals surface area contributed by atoms with E-state index in [1.54, 1.807) is 11.7 Å². The summed E-state index contributed by atoms with van der Waals surface area (Å²) in [6, 6.07) is 3.56. The molecule has 0 spiro atoms. The number of hydrogen-bond donors (Lipinski definition) is 1. The summed E-state index contributed by atoms with van der Waals surface area (Å²) in [6.07, 6.45) is 0.685. The van der Waals surface area contributed by atoms with E-state index in [4.69, 9.17) is 5.73 Å². The molecular formula is C13H15F2N3S. The van der Waals surface area contributed by atoms with E-state index < -0.39 is 11.6 Å². The monoisotopic (exact) mass is 283 g/mol. The lowest BCUT2D eigenvalue weighted by Crippen LogP contribution is -2.04. The van der Waals surface area contributed by atoms with Crippen LogP contribution in [0.2, 0.25) is 0 Å². The molecule has 0 atom stereocenters. The number of rotatable bonds is 4. The molecule has 1 aromatic heterocycles. The van der Waals surface area contributed by atoms with Gasteiger partial charge >= 0.3 is 0 Å². The second kappa shape index (κ2) is 5.71. The van der Waals surface area contributed by atoms with Crippen LogP contribution in [0.3, 0.4) is 0 Å². The number of nitrogens with zero attached hydrogens (tertiary/aromatic N) is 2. The summed E-state index contributed by atoms with van der Waals surface area (Å²) in [5, 5.41) is 5.16. The van der Waals surface area contributed by atoms with Gasteiger partial charge in [0.25, 0.3) is 0 Å². The van der Waals surface area contributed by atoms with Gasteiger partial charge in [0.1, 0.15) is 16.7 Å². The molecule has 0 unspecified atom stereocenters. The summed E-state index contributed by atoms with van der Waals surface area (Å²) in [4.78, 5) is 0.377. The molecule has 2 rings (SSSR count). The lowest BCUT2D eigenvalue weighted by molar-refractivity contribution is 0.565. The summed E-state index contributed by atoms with van der Waals surface area (Å²) in [6.45, 7) is 2.40. The fraction of sp³-hybridized carbons (Fsp3) is 0.308. The van der Waals surface area contributed by atoms with E-state index in [0.29, 0.717) is 17.9 Å².